The summed E-state index contributed by atoms with van der Waals surface area (Å²) in [7, 11) is 0. The maximum absolute atomic E-state index is 11.4. The minimum atomic E-state index is -0.945. The van der Waals surface area contributed by atoms with E-state index in [9.17, 15) is 4.79 Å². The second-order valence-corrected chi connectivity index (χ2v) is 5.21. The van der Waals surface area contributed by atoms with Crippen molar-refractivity contribution in [1.29, 1.82) is 5.26 Å². The summed E-state index contributed by atoms with van der Waals surface area (Å²) < 4.78 is 5.93. The number of nitriles is 1. The van der Waals surface area contributed by atoms with Gasteiger partial charge >= 0.3 is 6.16 Å². The summed E-state index contributed by atoms with van der Waals surface area (Å²) in [5.74, 6) is 0.230. The summed E-state index contributed by atoms with van der Waals surface area (Å²) in [6.07, 6.45) is -0.267. The van der Waals surface area contributed by atoms with E-state index in [1.165, 1.54) is 12.1 Å². The van der Waals surface area contributed by atoms with Crippen molar-refractivity contribution in [1.82, 2.24) is 0 Å². The second kappa shape index (κ2) is 7.26. The van der Waals surface area contributed by atoms with E-state index in [0.29, 0.717) is 26.6 Å². The van der Waals surface area contributed by atoms with Gasteiger partial charge in [-0.2, -0.15) is 5.26 Å². The average Bonchev–Trinajstić information content (AvgIpc) is 2.39. The molecule has 1 rings (SSSR count). The number of ether oxygens (including phenoxy) is 1. The number of nitrogens with zero attached hydrogens (tertiary/aromatic N) is 2. The molecule has 1 aromatic rings. The van der Waals surface area contributed by atoms with Crippen LogP contribution in [0.4, 0.5) is 4.79 Å². The van der Waals surface area contributed by atoms with Crippen molar-refractivity contribution in [2.75, 3.05) is 0 Å². The molecule has 0 spiro atoms. The lowest BCUT2D eigenvalue weighted by molar-refractivity contribution is 0.102. The highest BCUT2D eigenvalue weighted by molar-refractivity contribution is 9.11. The molecular weight excluding hydrogens is 380 g/mol. The molecule has 7 heteroatoms. The topological polar surface area (TPSA) is 71.7 Å². The summed E-state index contributed by atoms with van der Waals surface area (Å²) in [6, 6.07) is 5.05. The highest BCUT2D eigenvalue weighted by atomic mass is 79.9. The van der Waals surface area contributed by atoms with Gasteiger partial charge in [-0.15, -0.1) is 0 Å². The summed E-state index contributed by atoms with van der Waals surface area (Å²) >= 11 is 6.42. The van der Waals surface area contributed by atoms with Gasteiger partial charge in [-0.1, -0.05) is 12.1 Å². The summed E-state index contributed by atoms with van der Waals surface area (Å²) in [4.78, 5) is 16.0. The monoisotopic (exact) mass is 388 g/mol. The van der Waals surface area contributed by atoms with Crippen LogP contribution in [0.3, 0.4) is 0 Å². The molecule has 0 unspecified atom stereocenters. The Morgan fingerprint density at radius 3 is 2.47 bits per heavy atom. The Morgan fingerprint density at radius 1 is 1.42 bits per heavy atom. The van der Waals surface area contributed by atoms with Crippen LogP contribution in [0.2, 0.25) is 0 Å². The fourth-order valence-electron chi connectivity index (χ4n) is 1.00. The van der Waals surface area contributed by atoms with Gasteiger partial charge in [0.25, 0.3) is 0 Å². The Bertz CT molecular complexity index is 542. The van der Waals surface area contributed by atoms with Crippen LogP contribution in [0.15, 0.2) is 26.2 Å². The molecule has 5 nitrogen and oxygen atoms in total. The maximum atomic E-state index is 11.4. The summed E-state index contributed by atoms with van der Waals surface area (Å²) in [5.41, 5.74) is 1.11. The van der Waals surface area contributed by atoms with E-state index < -0.39 is 6.16 Å². The molecule has 1 aromatic carbocycles. The molecule has 0 amide bonds. The van der Waals surface area contributed by atoms with E-state index in [1.807, 2.05) is 13.0 Å². The zero-order valence-electron chi connectivity index (χ0n) is 10.2. The van der Waals surface area contributed by atoms with Crippen molar-refractivity contribution in [2.45, 2.75) is 20.3 Å². The number of oxime groups is 1. The van der Waals surface area contributed by atoms with E-state index in [1.54, 1.807) is 6.92 Å². The predicted molar refractivity (Wildman–Crippen MR) is 77.1 cm³/mol. The van der Waals surface area contributed by atoms with Crippen molar-refractivity contribution in [3.63, 3.8) is 0 Å². The molecule has 0 N–H and O–H groups in total. The highest BCUT2D eigenvalue weighted by Gasteiger charge is 2.14. The second-order valence-electron chi connectivity index (χ2n) is 3.50. The number of halogens is 2. The zero-order valence-corrected chi connectivity index (χ0v) is 13.4. The Morgan fingerprint density at radius 2 is 2.00 bits per heavy atom. The first kappa shape index (κ1) is 15.7. The fraction of sp³-hybridized carbons (Fsp3) is 0.250. The smallest absolute Gasteiger partial charge is 0.391 e. The molecule has 0 aliphatic rings. The van der Waals surface area contributed by atoms with E-state index in [4.69, 9.17) is 10.00 Å². The molecule has 100 valence electrons. The molecule has 0 saturated heterocycles. The number of benzene rings is 1. The number of rotatable bonds is 3. The molecule has 0 saturated carbocycles. The fourth-order valence-corrected chi connectivity index (χ4v) is 2.35. The minimum Gasteiger partial charge on any atom is -0.391 e. The third-order valence-corrected chi connectivity index (χ3v) is 3.28. The zero-order chi connectivity index (χ0) is 14.4. The molecule has 0 radical (unpaired) electrons. The van der Waals surface area contributed by atoms with E-state index in [0.717, 1.165) is 0 Å². The third-order valence-electron chi connectivity index (χ3n) is 2.10. The number of hydrogen-bond donors (Lipinski definition) is 0. The van der Waals surface area contributed by atoms with E-state index >= 15 is 0 Å². The lowest BCUT2D eigenvalue weighted by Gasteiger charge is -2.07. The van der Waals surface area contributed by atoms with Crippen LogP contribution in [0.25, 0.3) is 0 Å². The van der Waals surface area contributed by atoms with Gasteiger partial charge in [-0.3, -0.25) is 4.84 Å². The molecular formula is C12H10Br2N2O3. The third kappa shape index (κ3) is 4.65. The van der Waals surface area contributed by atoms with Crippen LogP contribution in [-0.4, -0.2) is 11.9 Å². The van der Waals surface area contributed by atoms with Crippen molar-refractivity contribution in [3.8, 4) is 11.8 Å². The maximum Gasteiger partial charge on any atom is 0.540 e. The van der Waals surface area contributed by atoms with Crippen molar-refractivity contribution in [3.05, 3.63) is 26.6 Å². The molecule has 0 bridgehead atoms. The van der Waals surface area contributed by atoms with Crippen molar-refractivity contribution in [2.24, 2.45) is 5.16 Å². The van der Waals surface area contributed by atoms with Gasteiger partial charge in [-0.25, -0.2) is 4.79 Å². The molecule has 0 aliphatic carbocycles. The Balaban J connectivity index is 2.84. The molecule has 0 aromatic heterocycles. The summed E-state index contributed by atoms with van der Waals surface area (Å²) in [5, 5.41) is 12.4. The van der Waals surface area contributed by atoms with Gasteiger partial charge in [0.1, 0.15) is 0 Å². The Hall–Kier alpha value is -1.39. The SMILES string of the molecule is CCC(C)=NOC(=O)Oc1c(Br)cc(C#N)cc1Br. The van der Waals surface area contributed by atoms with Crippen LogP contribution >= 0.6 is 31.9 Å². The van der Waals surface area contributed by atoms with Gasteiger partial charge in [0, 0.05) is 0 Å². The Labute approximate surface area is 127 Å². The molecule has 0 fully saturated rings. The highest BCUT2D eigenvalue weighted by Crippen LogP contribution is 2.34. The number of carbonyl (C=O) groups is 1. The largest absolute Gasteiger partial charge is 0.540 e. The first-order valence-corrected chi connectivity index (χ1v) is 6.88. The molecule has 0 atom stereocenters. The van der Waals surface area contributed by atoms with Gasteiger partial charge in [0.05, 0.1) is 26.3 Å². The molecule has 0 heterocycles. The Kier molecular flexibility index (Phi) is 5.99. The normalized spacial score (nSPS) is 10.8. The number of carbonyl (C=O) groups excluding carboxylic acids is 1. The van der Waals surface area contributed by atoms with Crippen LogP contribution in [0.1, 0.15) is 25.8 Å². The van der Waals surface area contributed by atoms with Crippen molar-refractivity contribution >= 4 is 43.7 Å². The molecule has 19 heavy (non-hydrogen) atoms. The van der Waals surface area contributed by atoms with Gasteiger partial charge in [0.2, 0.25) is 0 Å². The van der Waals surface area contributed by atoms with Gasteiger partial charge in [-0.05, 0) is 57.3 Å². The van der Waals surface area contributed by atoms with Crippen LogP contribution < -0.4 is 4.74 Å². The predicted octanol–water partition coefficient (Wildman–Crippen LogP) is 4.38. The average molecular weight is 390 g/mol. The van der Waals surface area contributed by atoms with E-state index in [-0.39, 0.29) is 5.75 Å². The van der Waals surface area contributed by atoms with Crippen LogP contribution in [0, 0.1) is 11.3 Å². The summed E-state index contributed by atoms with van der Waals surface area (Å²) in [6.45, 7) is 3.63. The standard InChI is InChI=1S/C12H10Br2N2O3/c1-3-7(2)16-19-12(17)18-11-9(13)4-8(6-15)5-10(11)14/h4-5H,3H2,1-2H3. The lowest BCUT2D eigenvalue weighted by Crippen LogP contribution is -2.09. The molecule has 0 aliphatic heterocycles. The first-order valence-electron chi connectivity index (χ1n) is 5.29. The lowest BCUT2D eigenvalue weighted by atomic mass is 10.2. The minimum absolute atomic E-state index is 0.230. The van der Waals surface area contributed by atoms with Crippen molar-refractivity contribution < 1.29 is 14.4 Å². The van der Waals surface area contributed by atoms with E-state index in [2.05, 4.69) is 41.9 Å². The number of hydrogen-bond acceptors (Lipinski definition) is 5. The van der Waals surface area contributed by atoms with Gasteiger partial charge < -0.3 is 4.74 Å². The van der Waals surface area contributed by atoms with Crippen LogP contribution in [-0.2, 0) is 4.84 Å². The quantitative estimate of drug-likeness (QED) is 0.253. The first-order chi connectivity index (χ1) is 8.97. The van der Waals surface area contributed by atoms with Gasteiger partial charge in [0.15, 0.2) is 5.75 Å². The van der Waals surface area contributed by atoms with Crippen LogP contribution in [0.5, 0.6) is 5.75 Å².